The number of anilines is 1. The number of ether oxygens (including phenoxy) is 1. The largest absolute Gasteiger partial charge is 0.494 e. The summed E-state index contributed by atoms with van der Waals surface area (Å²) in [7, 11) is -2.06. The summed E-state index contributed by atoms with van der Waals surface area (Å²) in [4.78, 5) is 27.3. The van der Waals surface area contributed by atoms with Gasteiger partial charge in [0.1, 0.15) is 11.8 Å². The van der Waals surface area contributed by atoms with E-state index in [1.54, 1.807) is 42.5 Å². The minimum Gasteiger partial charge on any atom is -0.494 e. The van der Waals surface area contributed by atoms with E-state index in [2.05, 4.69) is 5.32 Å². The first-order valence-corrected chi connectivity index (χ1v) is 14.3. The first kappa shape index (κ1) is 29.7. The van der Waals surface area contributed by atoms with Crippen LogP contribution in [0.2, 0.25) is 10.0 Å². The molecule has 198 valence electrons. The Morgan fingerprint density at radius 1 is 1.06 bits per heavy atom. The Kier molecular flexibility index (Phi) is 11.3. The third-order valence-electron chi connectivity index (χ3n) is 5.56. The number of amides is 2. The molecular formula is C25H33Cl2N3O5S. The van der Waals surface area contributed by atoms with Crippen molar-refractivity contribution in [1.29, 1.82) is 0 Å². The van der Waals surface area contributed by atoms with Crippen LogP contribution in [0.15, 0.2) is 42.5 Å². The molecule has 2 amide bonds. The molecule has 0 aromatic heterocycles. The fraction of sp³-hybridized carbons (Fsp3) is 0.440. The molecule has 0 bridgehead atoms. The van der Waals surface area contributed by atoms with E-state index >= 15 is 0 Å². The topological polar surface area (TPSA) is 96.0 Å². The molecule has 0 aliphatic heterocycles. The average molecular weight is 559 g/mol. The van der Waals surface area contributed by atoms with E-state index in [1.165, 1.54) is 16.3 Å². The highest BCUT2D eigenvalue weighted by Crippen LogP contribution is 2.25. The Hall–Kier alpha value is -2.49. The Balaban J connectivity index is 2.19. The lowest BCUT2D eigenvalue weighted by Gasteiger charge is -2.31. The van der Waals surface area contributed by atoms with Crippen LogP contribution in [0.4, 0.5) is 5.69 Å². The van der Waals surface area contributed by atoms with Crippen LogP contribution in [0, 0.1) is 0 Å². The van der Waals surface area contributed by atoms with Gasteiger partial charge in [-0.2, -0.15) is 0 Å². The van der Waals surface area contributed by atoms with Gasteiger partial charge in [-0.1, -0.05) is 36.2 Å². The van der Waals surface area contributed by atoms with E-state index in [1.807, 2.05) is 13.8 Å². The Labute approximate surface area is 223 Å². The van der Waals surface area contributed by atoms with Crippen LogP contribution in [0.1, 0.15) is 38.7 Å². The number of halogens is 2. The van der Waals surface area contributed by atoms with Crippen molar-refractivity contribution in [3.63, 3.8) is 0 Å². The summed E-state index contributed by atoms with van der Waals surface area (Å²) in [6, 6.07) is 11.1. The van der Waals surface area contributed by atoms with Crippen molar-refractivity contribution in [2.45, 2.75) is 45.7 Å². The molecule has 2 aromatic carbocycles. The molecule has 2 aromatic rings. The van der Waals surface area contributed by atoms with E-state index in [-0.39, 0.29) is 37.7 Å². The molecule has 0 saturated carbocycles. The summed E-state index contributed by atoms with van der Waals surface area (Å²) in [5.74, 6) is 0.0948. The predicted octanol–water partition coefficient (Wildman–Crippen LogP) is 4.49. The summed E-state index contributed by atoms with van der Waals surface area (Å²) >= 11 is 12.2. The van der Waals surface area contributed by atoms with Gasteiger partial charge in [-0.25, -0.2) is 8.42 Å². The second-order valence-electron chi connectivity index (χ2n) is 8.17. The molecule has 1 N–H and O–H groups in total. The monoisotopic (exact) mass is 557 g/mol. The predicted molar refractivity (Wildman–Crippen MR) is 144 cm³/mol. The molecule has 0 aliphatic carbocycles. The standard InChI is InChI=1S/C25H33Cl2N3O5S/c1-5-23(25(32)28-3)29(17-18-9-14-21(26)22(27)16-18)24(31)8-7-15-30(36(4,33)34)19-10-12-20(13-11-19)35-6-2/h9-14,16,23H,5-8,15,17H2,1-4H3,(H,28,32). The van der Waals surface area contributed by atoms with Crippen molar-refractivity contribution in [2.24, 2.45) is 0 Å². The molecule has 0 heterocycles. The zero-order valence-electron chi connectivity index (χ0n) is 21.0. The molecule has 2 rings (SSSR count). The first-order chi connectivity index (χ1) is 17.0. The van der Waals surface area contributed by atoms with Gasteiger partial charge in [-0.05, 0) is 61.7 Å². The van der Waals surface area contributed by atoms with Crippen LogP contribution < -0.4 is 14.4 Å². The lowest BCUT2D eigenvalue weighted by Crippen LogP contribution is -2.48. The molecular weight excluding hydrogens is 525 g/mol. The maximum absolute atomic E-state index is 13.3. The fourth-order valence-corrected chi connectivity index (χ4v) is 5.09. The number of carbonyl (C=O) groups excluding carboxylic acids is 2. The van der Waals surface area contributed by atoms with E-state index in [4.69, 9.17) is 27.9 Å². The molecule has 11 heteroatoms. The number of sulfonamides is 1. The van der Waals surface area contributed by atoms with Crippen molar-refractivity contribution < 1.29 is 22.7 Å². The summed E-state index contributed by atoms with van der Waals surface area (Å²) in [6.07, 6.45) is 1.86. The van der Waals surface area contributed by atoms with Gasteiger partial charge in [0, 0.05) is 26.6 Å². The highest BCUT2D eigenvalue weighted by molar-refractivity contribution is 7.92. The minimum atomic E-state index is -3.58. The van der Waals surface area contributed by atoms with Crippen molar-refractivity contribution in [2.75, 3.05) is 30.8 Å². The van der Waals surface area contributed by atoms with Gasteiger partial charge in [0.05, 0.1) is 28.6 Å². The maximum atomic E-state index is 13.3. The zero-order chi connectivity index (χ0) is 26.9. The lowest BCUT2D eigenvalue weighted by atomic mass is 10.1. The number of hydrogen-bond donors (Lipinski definition) is 1. The molecule has 1 atom stereocenters. The van der Waals surface area contributed by atoms with E-state index in [0.29, 0.717) is 34.5 Å². The van der Waals surface area contributed by atoms with Crippen molar-refractivity contribution in [1.82, 2.24) is 10.2 Å². The summed E-state index contributed by atoms with van der Waals surface area (Å²) < 4.78 is 31.6. The molecule has 0 fully saturated rings. The number of likely N-dealkylation sites (N-methyl/N-ethyl adjacent to an activating group) is 1. The summed E-state index contributed by atoms with van der Waals surface area (Å²) in [5, 5.41) is 3.36. The van der Waals surface area contributed by atoms with Crippen LogP contribution in [-0.4, -0.2) is 57.6 Å². The summed E-state index contributed by atoms with van der Waals surface area (Å²) in [5.41, 5.74) is 1.21. The Morgan fingerprint density at radius 3 is 2.25 bits per heavy atom. The molecule has 0 spiro atoms. The second-order valence-corrected chi connectivity index (χ2v) is 10.9. The van der Waals surface area contributed by atoms with Gasteiger partial charge in [0.15, 0.2) is 0 Å². The SMILES string of the molecule is CCOc1ccc(N(CCCC(=O)N(Cc2ccc(Cl)c(Cl)c2)C(CC)C(=O)NC)S(C)(=O)=O)cc1. The molecule has 1 unspecified atom stereocenters. The maximum Gasteiger partial charge on any atom is 0.242 e. The lowest BCUT2D eigenvalue weighted by molar-refractivity contribution is -0.141. The van der Waals surface area contributed by atoms with Crippen LogP contribution >= 0.6 is 23.2 Å². The molecule has 0 radical (unpaired) electrons. The molecule has 36 heavy (non-hydrogen) atoms. The van der Waals surface area contributed by atoms with E-state index in [0.717, 1.165) is 11.8 Å². The highest BCUT2D eigenvalue weighted by atomic mass is 35.5. The van der Waals surface area contributed by atoms with Crippen LogP contribution in [0.5, 0.6) is 5.75 Å². The van der Waals surface area contributed by atoms with Crippen molar-refractivity contribution >= 4 is 50.7 Å². The van der Waals surface area contributed by atoms with Crippen molar-refractivity contribution in [3.8, 4) is 5.75 Å². The Morgan fingerprint density at radius 2 is 1.72 bits per heavy atom. The second kappa shape index (κ2) is 13.7. The van der Waals surface area contributed by atoms with Crippen LogP contribution in [-0.2, 0) is 26.2 Å². The molecule has 0 saturated heterocycles. The number of hydrogen-bond acceptors (Lipinski definition) is 5. The van der Waals surface area contributed by atoms with Crippen LogP contribution in [0.25, 0.3) is 0 Å². The fourth-order valence-electron chi connectivity index (χ4n) is 3.80. The van der Waals surface area contributed by atoms with Gasteiger partial charge in [0.2, 0.25) is 21.8 Å². The van der Waals surface area contributed by atoms with Gasteiger partial charge >= 0.3 is 0 Å². The van der Waals surface area contributed by atoms with E-state index < -0.39 is 16.1 Å². The average Bonchev–Trinajstić information content (AvgIpc) is 2.83. The van der Waals surface area contributed by atoms with Crippen molar-refractivity contribution in [3.05, 3.63) is 58.1 Å². The molecule has 0 aliphatic rings. The minimum absolute atomic E-state index is 0.0534. The smallest absolute Gasteiger partial charge is 0.242 e. The van der Waals surface area contributed by atoms with Gasteiger partial charge in [0.25, 0.3) is 0 Å². The van der Waals surface area contributed by atoms with Gasteiger partial charge < -0.3 is 15.0 Å². The Bertz CT molecular complexity index is 1140. The normalized spacial score (nSPS) is 12.1. The number of nitrogens with zero attached hydrogens (tertiary/aromatic N) is 2. The number of benzene rings is 2. The number of rotatable bonds is 13. The highest BCUT2D eigenvalue weighted by Gasteiger charge is 2.28. The number of nitrogens with one attached hydrogen (secondary N) is 1. The van der Waals surface area contributed by atoms with Gasteiger partial charge in [-0.15, -0.1) is 0 Å². The van der Waals surface area contributed by atoms with Gasteiger partial charge in [-0.3, -0.25) is 13.9 Å². The van der Waals surface area contributed by atoms with Crippen LogP contribution in [0.3, 0.4) is 0 Å². The first-order valence-electron chi connectivity index (χ1n) is 11.7. The van der Waals surface area contributed by atoms with E-state index in [9.17, 15) is 18.0 Å². The summed E-state index contributed by atoms with van der Waals surface area (Å²) in [6.45, 7) is 4.47. The molecule has 8 nitrogen and oxygen atoms in total. The number of carbonyl (C=O) groups is 2. The third kappa shape index (κ3) is 8.28. The quantitative estimate of drug-likeness (QED) is 0.391. The third-order valence-corrected chi connectivity index (χ3v) is 7.49. The zero-order valence-corrected chi connectivity index (χ0v) is 23.3.